The number of azo groups is 1. The molecule has 0 aliphatic rings. The van der Waals surface area contributed by atoms with Gasteiger partial charge in [-0.25, -0.2) is 0 Å². The number of aromatic nitrogens is 1. The van der Waals surface area contributed by atoms with Gasteiger partial charge in [-0.2, -0.15) is 0 Å². The molecule has 0 unspecified atom stereocenters. The summed E-state index contributed by atoms with van der Waals surface area (Å²) in [7, 11) is 0. The van der Waals surface area contributed by atoms with Crippen molar-refractivity contribution in [1.29, 1.82) is 0 Å². The monoisotopic (exact) mass is 307 g/mol. The van der Waals surface area contributed by atoms with E-state index in [-0.39, 0.29) is 18.2 Å². The van der Waals surface area contributed by atoms with Crippen LogP contribution in [-0.2, 0) is 11.2 Å². The lowest BCUT2D eigenvalue weighted by Crippen LogP contribution is -1.97. The highest BCUT2D eigenvalue weighted by Gasteiger charge is 2.14. The molecule has 0 fully saturated rings. The number of hydrogen-bond acceptors (Lipinski definition) is 3. The second-order valence-corrected chi connectivity index (χ2v) is 5.53. The van der Waals surface area contributed by atoms with Crippen molar-refractivity contribution >= 4 is 22.5 Å². The maximum absolute atomic E-state index is 12.0. The number of nitrogens with zero attached hydrogens (tertiary/aromatic N) is 2. The van der Waals surface area contributed by atoms with Crippen LogP contribution in [0.3, 0.4) is 0 Å². The zero-order chi connectivity index (χ0) is 16.4. The maximum Gasteiger partial charge on any atom is 0.269 e. The van der Waals surface area contributed by atoms with Gasteiger partial charge in [0.15, 0.2) is 5.69 Å². The summed E-state index contributed by atoms with van der Waals surface area (Å²) in [5, 5.41) is 18.6. The van der Waals surface area contributed by atoms with Gasteiger partial charge in [-0.15, -0.1) is 10.2 Å². The first kappa shape index (κ1) is 15.0. The van der Waals surface area contributed by atoms with Crippen molar-refractivity contribution in [3.63, 3.8) is 0 Å². The third-order valence-electron chi connectivity index (χ3n) is 3.79. The van der Waals surface area contributed by atoms with Crippen molar-refractivity contribution in [3.05, 3.63) is 59.2 Å². The van der Waals surface area contributed by atoms with Crippen LogP contribution >= 0.6 is 0 Å². The van der Waals surface area contributed by atoms with Crippen molar-refractivity contribution < 1.29 is 9.90 Å². The first-order valence-corrected chi connectivity index (χ1v) is 7.35. The molecule has 0 aliphatic carbocycles. The van der Waals surface area contributed by atoms with Crippen molar-refractivity contribution in [2.24, 2.45) is 10.2 Å². The Kier molecular flexibility index (Phi) is 3.93. The fourth-order valence-electron chi connectivity index (χ4n) is 2.58. The number of hydrogen-bond donors (Lipinski definition) is 2. The summed E-state index contributed by atoms with van der Waals surface area (Å²) in [5.41, 5.74) is 3.96. The van der Waals surface area contributed by atoms with E-state index in [4.69, 9.17) is 0 Å². The fraction of sp³-hybridized carbons (Fsp3) is 0.167. The number of H-pyrrole nitrogens is 1. The number of carbonyl (C=O) groups excluding carboxylic acids is 1. The molecular weight excluding hydrogens is 290 g/mol. The molecule has 0 aliphatic heterocycles. The number of nitrogens with one attached hydrogen (secondary N) is 1. The van der Waals surface area contributed by atoms with Gasteiger partial charge in [0.05, 0.1) is 11.9 Å². The molecule has 116 valence electrons. The number of carbonyl (C=O) groups is 1. The van der Waals surface area contributed by atoms with Crippen LogP contribution in [0.15, 0.2) is 52.7 Å². The average Bonchev–Trinajstić information content (AvgIpc) is 2.88. The zero-order valence-corrected chi connectivity index (χ0v) is 13.0. The lowest BCUT2D eigenvalue weighted by molar-refractivity contribution is -0.117. The van der Waals surface area contributed by atoms with Crippen LogP contribution in [0.5, 0.6) is 5.88 Å². The van der Waals surface area contributed by atoms with Gasteiger partial charge in [0, 0.05) is 5.39 Å². The molecule has 0 bridgehead atoms. The summed E-state index contributed by atoms with van der Waals surface area (Å²) in [6, 6.07) is 13.3. The molecule has 0 saturated carbocycles. The van der Waals surface area contributed by atoms with Gasteiger partial charge in [0.2, 0.25) is 5.88 Å². The lowest BCUT2D eigenvalue weighted by Gasteiger charge is -2.00. The molecule has 1 aromatic heterocycles. The number of aromatic hydroxyl groups is 1. The second kappa shape index (κ2) is 6.04. The molecule has 3 rings (SSSR count). The Labute approximate surface area is 133 Å². The molecule has 0 saturated heterocycles. The van der Waals surface area contributed by atoms with Gasteiger partial charge in [-0.05, 0) is 30.5 Å². The summed E-state index contributed by atoms with van der Waals surface area (Å²) >= 11 is 0. The van der Waals surface area contributed by atoms with E-state index in [1.54, 1.807) is 0 Å². The van der Waals surface area contributed by atoms with E-state index in [1.165, 1.54) is 0 Å². The quantitative estimate of drug-likeness (QED) is 0.706. The van der Waals surface area contributed by atoms with E-state index in [9.17, 15) is 9.90 Å². The third kappa shape index (κ3) is 2.99. The van der Waals surface area contributed by atoms with E-state index < -0.39 is 0 Å². The van der Waals surface area contributed by atoms with E-state index in [1.807, 2.05) is 56.3 Å². The molecule has 1 heterocycles. The van der Waals surface area contributed by atoms with Crippen molar-refractivity contribution in [2.75, 3.05) is 0 Å². The first-order chi connectivity index (χ1) is 11.1. The van der Waals surface area contributed by atoms with Gasteiger partial charge in [0.1, 0.15) is 0 Å². The topological polar surface area (TPSA) is 77.8 Å². The van der Waals surface area contributed by atoms with Crippen LogP contribution in [0.25, 0.3) is 10.9 Å². The fourth-order valence-corrected chi connectivity index (χ4v) is 2.58. The normalized spacial score (nSPS) is 11.4. The molecule has 3 aromatic rings. The van der Waals surface area contributed by atoms with Crippen LogP contribution in [0.4, 0.5) is 5.69 Å². The highest BCUT2D eigenvalue weighted by Crippen LogP contribution is 2.38. The number of benzene rings is 2. The van der Waals surface area contributed by atoms with Crippen LogP contribution < -0.4 is 0 Å². The Morgan fingerprint density at radius 2 is 1.78 bits per heavy atom. The highest BCUT2D eigenvalue weighted by molar-refractivity contribution is 5.98. The van der Waals surface area contributed by atoms with Gasteiger partial charge in [0.25, 0.3) is 5.91 Å². The van der Waals surface area contributed by atoms with Gasteiger partial charge in [-0.3, -0.25) is 4.79 Å². The van der Waals surface area contributed by atoms with Crippen LogP contribution in [-0.4, -0.2) is 16.0 Å². The number of aromatic amines is 1. The molecule has 5 nitrogen and oxygen atoms in total. The molecular formula is C18H17N3O2. The number of amides is 1. The Bertz CT molecular complexity index is 896. The van der Waals surface area contributed by atoms with E-state index in [2.05, 4.69) is 15.2 Å². The minimum atomic E-state index is -0.352. The molecule has 2 N–H and O–H groups in total. The van der Waals surface area contributed by atoms with Gasteiger partial charge >= 0.3 is 0 Å². The second-order valence-electron chi connectivity index (χ2n) is 5.53. The Morgan fingerprint density at radius 1 is 1.09 bits per heavy atom. The predicted octanol–water partition coefficient (Wildman–Crippen LogP) is 4.34. The summed E-state index contributed by atoms with van der Waals surface area (Å²) in [5.74, 6) is -0.427. The molecule has 2 aromatic carbocycles. The van der Waals surface area contributed by atoms with E-state index in [0.717, 1.165) is 27.6 Å². The smallest absolute Gasteiger partial charge is 0.269 e. The summed E-state index contributed by atoms with van der Waals surface area (Å²) in [4.78, 5) is 14.9. The maximum atomic E-state index is 12.0. The van der Waals surface area contributed by atoms with Gasteiger partial charge < -0.3 is 10.1 Å². The zero-order valence-electron chi connectivity index (χ0n) is 13.0. The largest absolute Gasteiger partial charge is 0.493 e. The molecule has 23 heavy (non-hydrogen) atoms. The summed E-state index contributed by atoms with van der Waals surface area (Å²) in [6.45, 7) is 3.87. The third-order valence-corrected chi connectivity index (χ3v) is 3.79. The number of rotatable bonds is 3. The molecule has 5 heteroatoms. The molecule has 0 atom stereocenters. The lowest BCUT2D eigenvalue weighted by atomic mass is 10.1. The summed E-state index contributed by atoms with van der Waals surface area (Å²) < 4.78 is 0. The minimum Gasteiger partial charge on any atom is -0.493 e. The van der Waals surface area contributed by atoms with Crippen LogP contribution in [0, 0.1) is 13.8 Å². The van der Waals surface area contributed by atoms with Crippen LogP contribution in [0.1, 0.15) is 16.7 Å². The SMILES string of the molecule is Cc1ccc(C)c2c(N=NC(=O)Cc3ccccc3)c(O)[nH]c12. The number of aryl methyl sites for hydroxylation is 2. The first-order valence-electron chi connectivity index (χ1n) is 7.35. The van der Waals surface area contributed by atoms with Crippen molar-refractivity contribution in [1.82, 2.24) is 4.98 Å². The minimum absolute atomic E-state index is 0.0753. The standard InChI is InChI=1S/C18H17N3O2/c1-11-8-9-12(2)16-15(11)17(18(23)19-16)21-20-14(22)10-13-6-4-3-5-7-13/h3-9,19,23H,10H2,1-2H3. The highest BCUT2D eigenvalue weighted by atomic mass is 16.3. The molecule has 0 spiro atoms. The predicted molar refractivity (Wildman–Crippen MR) is 89.1 cm³/mol. The van der Waals surface area contributed by atoms with E-state index in [0.29, 0.717) is 5.69 Å². The van der Waals surface area contributed by atoms with E-state index >= 15 is 0 Å². The summed E-state index contributed by atoms with van der Waals surface area (Å²) in [6.07, 6.45) is 0.186. The Hall–Kier alpha value is -2.95. The van der Waals surface area contributed by atoms with Crippen LogP contribution in [0.2, 0.25) is 0 Å². The molecule has 1 amide bonds. The van der Waals surface area contributed by atoms with Crippen molar-refractivity contribution in [2.45, 2.75) is 20.3 Å². The Morgan fingerprint density at radius 3 is 2.52 bits per heavy atom. The molecule has 0 radical (unpaired) electrons. The average molecular weight is 307 g/mol. The number of fused-ring (bicyclic) bond motifs is 1. The Balaban J connectivity index is 1.91. The van der Waals surface area contributed by atoms with Gasteiger partial charge in [-0.1, -0.05) is 42.5 Å². The van der Waals surface area contributed by atoms with Crippen molar-refractivity contribution in [3.8, 4) is 5.88 Å².